The van der Waals surface area contributed by atoms with Crippen LogP contribution in [0, 0.1) is 6.92 Å². The van der Waals surface area contributed by atoms with Gasteiger partial charge in [0.25, 0.3) is 0 Å². The van der Waals surface area contributed by atoms with Gasteiger partial charge in [-0.2, -0.15) is 0 Å². The maximum absolute atomic E-state index is 5.85. The van der Waals surface area contributed by atoms with Crippen LogP contribution in [-0.2, 0) is 4.74 Å². The molecule has 5 heteroatoms. The van der Waals surface area contributed by atoms with Crippen molar-refractivity contribution in [1.82, 2.24) is 10.3 Å². The van der Waals surface area contributed by atoms with Crippen molar-refractivity contribution in [3.63, 3.8) is 0 Å². The molecule has 1 unspecified atom stereocenters. The van der Waals surface area contributed by atoms with Gasteiger partial charge >= 0.3 is 0 Å². The topological polar surface area (TPSA) is 37.4 Å². The summed E-state index contributed by atoms with van der Waals surface area (Å²) in [5, 5.41) is 7.16. The van der Waals surface area contributed by atoms with Crippen LogP contribution in [0.3, 0.4) is 0 Å². The SMILES string of the molecule is Cc1nc(-c2ccc(N3CCC(NC4CCOC(C)(C)C4)CC3)cc2)cs1. The van der Waals surface area contributed by atoms with Crippen molar-refractivity contribution in [2.24, 2.45) is 0 Å². The maximum Gasteiger partial charge on any atom is 0.0901 e. The first-order chi connectivity index (χ1) is 13.0. The Hall–Kier alpha value is -1.43. The van der Waals surface area contributed by atoms with Crippen molar-refractivity contribution in [3.05, 3.63) is 34.7 Å². The molecule has 27 heavy (non-hydrogen) atoms. The van der Waals surface area contributed by atoms with Gasteiger partial charge in [0.15, 0.2) is 0 Å². The van der Waals surface area contributed by atoms with E-state index in [0.717, 1.165) is 43.2 Å². The molecule has 1 aromatic heterocycles. The monoisotopic (exact) mass is 385 g/mol. The van der Waals surface area contributed by atoms with Gasteiger partial charge in [-0.15, -0.1) is 11.3 Å². The predicted octanol–water partition coefficient (Wildman–Crippen LogP) is 4.63. The fourth-order valence-corrected chi connectivity index (χ4v) is 4.97. The molecule has 0 spiro atoms. The largest absolute Gasteiger partial charge is 0.375 e. The lowest BCUT2D eigenvalue weighted by molar-refractivity contribution is -0.0644. The Bertz CT molecular complexity index is 747. The second-order valence-electron chi connectivity index (χ2n) is 8.52. The van der Waals surface area contributed by atoms with E-state index in [1.54, 1.807) is 11.3 Å². The zero-order valence-electron chi connectivity index (χ0n) is 16.7. The van der Waals surface area contributed by atoms with Gasteiger partial charge in [0.2, 0.25) is 0 Å². The highest BCUT2D eigenvalue weighted by Crippen LogP contribution is 2.28. The number of hydrogen-bond donors (Lipinski definition) is 1. The Balaban J connectivity index is 1.30. The molecule has 0 radical (unpaired) electrons. The highest BCUT2D eigenvalue weighted by atomic mass is 32.1. The number of aryl methyl sites for hydroxylation is 1. The lowest BCUT2D eigenvalue weighted by Crippen LogP contribution is -2.50. The van der Waals surface area contributed by atoms with E-state index in [-0.39, 0.29) is 5.60 Å². The van der Waals surface area contributed by atoms with E-state index in [2.05, 4.69) is 65.6 Å². The first-order valence-electron chi connectivity index (χ1n) is 10.2. The molecule has 1 N–H and O–H groups in total. The zero-order chi connectivity index (χ0) is 18.9. The van der Waals surface area contributed by atoms with Crippen molar-refractivity contribution in [2.75, 3.05) is 24.6 Å². The summed E-state index contributed by atoms with van der Waals surface area (Å²) < 4.78 is 5.85. The second-order valence-corrected chi connectivity index (χ2v) is 9.59. The van der Waals surface area contributed by atoms with Crippen LogP contribution in [0.25, 0.3) is 11.3 Å². The molecule has 2 aliphatic rings. The molecule has 0 bridgehead atoms. The molecule has 1 aromatic carbocycles. The summed E-state index contributed by atoms with van der Waals surface area (Å²) in [7, 11) is 0. The summed E-state index contributed by atoms with van der Waals surface area (Å²) >= 11 is 1.71. The highest BCUT2D eigenvalue weighted by Gasteiger charge is 2.30. The molecule has 4 nitrogen and oxygen atoms in total. The van der Waals surface area contributed by atoms with Crippen LogP contribution in [0.5, 0.6) is 0 Å². The lowest BCUT2D eigenvalue weighted by atomic mass is 9.92. The molecule has 2 fully saturated rings. The van der Waals surface area contributed by atoms with Crippen molar-refractivity contribution >= 4 is 17.0 Å². The van der Waals surface area contributed by atoms with E-state index >= 15 is 0 Å². The van der Waals surface area contributed by atoms with E-state index in [1.807, 2.05) is 0 Å². The Morgan fingerprint density at radius 1 is 1.11 bits per heavy atom. The lowest BCUT2D eigenvalue weighted by Gasteiger charge is -2.40. The fourth-order valence-electron chi connectivity index (χ4n) is 4.35. The number of hydrogen-bond acceptors (Lipinski definition) is 5. The summed E-state index contributed by atoms with van der Waals surface area (Å²) in [4.78, 5) is 7.10. The first-order valence-corrected chi connectivity index (χ1v) is 11.0. The Morgan fingerprint density at radius 2 is 1.85 bits per heavy atom. The van der Waals surface area contributed by atoms with Crippen LogP contribution in [0.2, 0.25) is 0 Å². The number of benzene rings is 1. The van der Waals surface area contributed by atoms with Gasteiger partial charge in [0.1, 0.15) is 0 Å². The van der Waals surface area contributed by atoms with Crippen LogP contribution in [0.15, 0.2) is 29.6 Å². The minimum absolute atomic E-state index is 0.0220. The smallest absolute Gasteiger partial charge is 0.0901 e. The third-order valence-corrected chi connectivity index (χ3v) is 6.58. The maximum atomic E-state index is 5.85. The van der Waals surface area contributed by atoms with E-state index in [9.17, 15) is 0 Å². The Labute approximate surface area is 167 Å². The molecule has 0 saturated carbocycles. The summed E-state index contributed by atoms with van der Waals surface area (Å²) in [5.74, 6) is 0. The molecule has 1 atom stereocenters. The third-order valence-electron chi connectivity index (χ3n) is 5.81. The van der Waals surface area contributed by atoms with E-state index in [4.69, 9.17) is 4.74 Å². The normalized spacial score (nSPS) is 23.5. The van der Waals surface area contributed by atoms with Crippen molar-refractivity contribution in [3.8, 4) is 11.3 Å². The van der Waals surface area contributed by atoms with Gasteiger partial charge < -0.3 is 15.0 Å². The van der Waals surface area contributed by atoms with Gasteiger partial charge in [-0.25, -0.2) is 4.98 Å². The molecule has 146 valence electrons. The van der Waals surface area contributed by atoms with Gasteiger partial charge in [-0.05, 0) is 58.6 Å². The number of piperidine rings is 1. The van der Waals surface area contributed by atoms with Crippen molar-refractivity contribution < 1.29 is 4.74 Å². The molecule has 2 saturated heterocycles. The standard InChI is InChI=1S/C22H31N3OS/c1-16-23-21(15-27-16)17-4-6-20(7-5-17)25-11-8-18(9-12-25)24-19-10-13-26-22(2,3)14-19/h4-7,15,18-19,24H,8-14H2,1-3H3. The zero-order valence-corrected chi connectivity index (χ0v) is 17.5. The summed E-state index contributed by atoms with van der Waals surface area (Å²) in [6, 6.07) is 10.2. The number of aromatic nitrogens is 1. The second kappa shape index (κ2) is 7.90. The number of thiazole rings is 1. The molecular weight excluding hydrogens is 354 g/mol. The predicted molar refractivity (Wildman–Crippen MR) is 114 cm³/mol. The number of ether oxygens (including phenoxy) is 1. The minimum Gasteiger partial charge on any atom is -0.375 e. The van der Waals surface area contributed by atoms with Crippen LogP contribution < -0.4 is 10.2 Å². The van der Waals surface area contributed by atoms with Crippen molar-refractivity contribution in [2.45, 2.75) is 64.1 Å². The third kappa shape index (κ3) is 4.71. The van der Waals surface area contributed by atoms with Crippen LogP contribution in [-0.4, -0.2) is 42.4 Å². The number of rotatable bonds is 4. The average molecular weight is 386 g/mol. The summed E-state index contributed by atoms with van der Waals surface area (Å²) in [6.45, 7) is 9.61. The molecule has 0 aliphatic carbocycles. The van der Waals surface area contributed by atoms with E-state index in [0.29, 0.717) is 12.1 Å². The van der Waals surface area contributed by atoms with E-state index in [1.165, 1.54) is 24.1 Å². The minimum atomic E-state index is 0.0220. The summed E-state index contributed by atoms with van der Waals surface area (Å²) in [6.07, 6.45) is 4.68. The van der Waals surface area contributed by atoms with E-state index < -0.39 is 0 Å². The van der Waals surface area contributed by atoms with Gasteiger partial charge in [-0.3, -0.25) is 0 Å². The molecule has 2 aliphatic heterocycles. The van der Waals surface area contributed by atoms with Crippen LogP contribution in [0.4, 0.5) is 5.69 Å². The van der Waals surface area contributed by atoms with Crippen LogP contribution >= 0.6 is 11.3 Å². The molecule has 4 rings (SSSR count). The number of anilines is 1. The van der Waals surface area contributed by atoms with Crippen LogP contribution in [0.1, 0.15) is 44.5 Å². The van der Waals surface area contributed by atoms with Gasteiger partial charge in [0, 0.05) is 48.4 Å². The molecule has 3 heterocycles. The van der Waals surface area contributed by atoms with Gasteiger partial charge in [-0.1, -0.05) is 12.1 Å². The fraction of sp³-hybridized carbons (Fsp3) is 0.591. The average Bonchev–Trinajstić information content (AvgIpc) is 3.08. The number of nitrogens with one attached hydrogen (secondary N) is 1. The number of nitrogens with zero attached hydrogens (tertiary/aromatic N) is 2. The summed E-state index contributed by atoms with van der Waals surface area (Å²) in [5.41, 5.74) is 3.65. The quantitative estimate of drug-likeness (QED) is 0.832. The first kappa shape index (κ1) is 18.9. The Kier molecular flexibility index (Phi) is 5.53. The van der Waals surface area contributed by atoms with Crippen molar-refractivity contribution in [1.29, 1.82) is 0 Å². The highest BCUT2D eigenvalue weighted by molar-refractivity contribution is 7.09. The Morgan fingerprint density at radius 3 is 2.48 bits per heavy atom. The van der Waals surface area contributed by atoms with Gasteiger partial charge in [0.05, 0.1) is 16.3 Å². The molecule has 2 aromatic rings. The molecule has 0 amide bonds. The molecular formula is C22H31N3OS.